The zero-order valence-electron chi connectivity index (χ0n) is 16.7. The van der Waals surface area contributed by atoms with Crippen LogP contribution in [0.15, 0.2) is 101 Å². The van der Waals surface area contributed by atoms with Crippen LogP contribution in [0.3, 0.4) is 0 Å². The summed E-state index contributed by atoms with van der Waals surface area (Å²) in [4.78, 5) is 18.0. The third-order valence-electron chi connectivity index (χ3n) is 5.39. The third-order valence-corrected chi connectivity index (χ3v) is 10.1. The van der Waals surface area contributed by atoms with E-state index in [1.54, 1.807) is 11.6 Å². The van der Waals surface area contributed by atoms with Crippen LogP contribution in [0.4, 0.5) is 0 Å². The van der Waals surface area contributed by atoms with E-state index in [9.17, 15) is 4.79 Å². The van der Waals surface area contributed by atoms with E-state index in [0.29, 0.717) is 10.7 Å². The molecule has 0 radical (unpaired) electrons. The van der Waals surface area contributed by atoms with E-state index in [2.05, 4.69) is 78.5 Å². The molecule has 0 aliphatic rings. The van der Waals surface area contributed by atoms with Crippen molar-refractivity contribution in [2.24, 2.45) is 0 Å². The molecule has 0 bridgehead atoms. The Bertz CT molecular complexity index is 1350. The van der Waals surface area contributed by atoms with Gasteiger partial charge in [0.2, 0.25) is 4.96 Å². The maximum Gasteiger partial charge on any atom is 0.275 e. The van der Waals surface area contributed by atoms with E-state index in [4.69, 9.17) is 4.98 Å². The monoisotopic (exact) mass is 463 g/mol. The molecular weight excluding hydrogens is 445 g/mol. The van der Waals surface area contributed by atoms with Crippen LogP contribution in [-0.4, -0.2) is 21.3 Å². The van der Waals surface area contributed by atoms with Gasteiger partial charge in [0.15, 0.2) is 0 Å². The first kappa shape index (κ1) is 21.4. The number of halogens is 1. The number of fused-ring (bicyclic) bond motifs is 1. The Kier molecular flexibility index (Phi) is 6.01. The summed E-state index contributed by atoms with van der Waals surface area (Å²) in [7, 11) is -1.95. The molecule has 2 aromatic heterocycles. The van der Waals surface area contributed by atoms with Gasteiger partial charge in [-0.25, -0.2) is 4.98 Å². The minimum absolute atomic E-state index is 0. The van der Waals surface area contributed by atoms with Crippen molar-refractivity contribution in [3.63, 3.8) is 0 Å². The van der Waals surface area contributed by atoms with Gasteiger partial charge < -0.3 is 12.4 Å². The summed E-state index contributed by atoms with van der Waals surface area (Å²) in [5.41, 5.74) is 3.17. The van der Waals surface area contributed by atoms with E-state index in [1.165, 1.54) is 31.8 Å². The molecule has 7 heteroatoms. The average molecular weight is 464 g/mol. The lowest BCUT2D eigenvalue weighted by atomic mass is 10.1. The number of hydrogen-bond acceptors (Lipinski definition) is 4. The number of aromatic nitrogens is 3. The fourth-order valence-corrected chi connectivity index (χ4v) is 7.92. The Labute approximate surface area is 191 Å². The van der Waals surface area contributed by atoms with Crippen molar-refractivity contribution in [3.8, 4) is 11.3 Å². The zero-order chi connectivity index (χ0) is 20.6. The van der Waals surface area contributed by atoms with Crippen LogP contribution in [0.5, 0.6) is 0 Å². The topological polar surface area (TPSA) is 47.3 Å². The second kappa shape index (κ2) is 8.72. The molecule has 0 amide bonds. The number of benzene rings is 3. The lowest BCUT2D eigenvalue weighted by molar-refractivity contribution is -0.00000593. The average Bonchev–Trinajstić information content (AvgIpc) is 3.29. The smallest absolute Gasteiger partial charge is 0.275 e. The molecule has 0 aliphatic carbocycles. The summed E-state index contributed by atoms with van der Waals surface area (Å²) in [6.45, 7) is 2.34. The number of hydrogen-bond donors (Lipinski definition) is 0. The van der Waals surface area contributed by atoms with E-state index in [1.807, 2.05) is 18.2 Å². The first-order valence-corrected chi connectivity index (χ1v) is 12.7. The van der Waals surface area contributed by atoms with Gasteiger partial charge in [-0.2, -0.15) is 9.61 Å². The van der Waals surface area contributed by atoms with E-state index >= 15 is 0 Å². The van der Waals surface area contributed by atoms with Crippen LogP contribution in [0.1, 0.15) is 0 Å². The predicted molar refractivity (Wildman–Crippen MR) is 127 cm³/mol. The van der Waals surface area contributed by atoms with Gasteiger partial charge in [0.1, 0.15) is 28.7 Å². The fourth-order valence-electron chi connectivity index (χ4n) is 3.85. The van der Waals surface area contributed by atoms with E-state index < -0.39 is 7.26 Å². The summed E-state index contributed by atoms with van der Waals surface area (Å²) >= 11 is 1.37. The molecule has 0 spiro atoms. The summed E-state index contributed by atoms with van der Waals surface area (Å²) in [6.07, 6.45) is 0. The predicted octanol–water partition coefficient (Wildman–Crippen LogP) is 0.746. The molecule has 5 aromatic rings. The molecule has 0 unspecified atom stereocenters. The zero-order valence-corrected chi connectivity index (χ0v) is 19.2. The van der Waals surface area contributed by atoms with Gasteiger partial charge >= 0.3 is 0 Å². The molecular formula is C24H19ClN3OPS. The molecule has 154 valence electrons. The van der Waals surface area contributed by atoms with E-state index in [0.717, 1.165) is 5.56 Å². The van der Waals surface area contributed by atoms with Crippen molar-refractivity contribution >= 4 is 39.5 Å². The molecule has 0 aliphatic heterocycles. The normalized spacial score (nSPS) is 11.3. The minimum atomic E-state index is -1.95. The molecule has 0 saturated carbocycles. The molecule has 4 nitrogen and oxygen atoms in total. The third kappa shape index (κ3) is 3.70. The van der Waals surface area contributed by atoms with Gasteiger partial charge in [-0.3, -0.25) is 4.79 Å². The first-order chi connectivity index (χ1) is 14.7. The van der Waals surface area contributed by atoms with Gasteiger partial charge in [-0.15, -0.1) is 0 Å². The van der Waals surface area contributed by atoms with Gasteiger partial charge in [0.25, 0.3) is 5.56 Å². The lowest BCUT2D eigenvalue weighted by Gasteiger charge is -2.25. The standard InChI is InChI=1S/C24H19N3OPS.ClH/c1-29(18-10-4-2-5-11-18,19-12-6-3-7-13-19)22-15-9-8-14-20(22)21-16-23(28)27-24(26-21)30-17-25-27;/h2-17H,1H3;1H/q+1;/p-1. The largest absolute Gasteiger partial charge is 1.00 e. The Morgan fingerprint density at radius 3 is 2.06 bits per heavy atom. The lowest BCUT2D eigenvalue weighted by Crippen LogP contribution is -3.00. The molecule has 0 saturated heterocycles. The summed E-state index contributed by atoms with van der Waals surface area (Å²) in [5, 5.41) is 7.88. The summed E-state index contributed by atoms with van der Waals surface area (Å²) < 4.78 is 1.35. The minimum Gasteiger partial charge on any atom is -1.00 e. The molecule has 31 heavy (non-hydrogen) atoms. The van der Waals surface area contributed by atoms with Crippen molar-refractivity contribution < 1.29 is 12.4 Å². The van der Waals surface area contributed by atoms with Crippen LogP contribution < -0.4 is 33.9 Å². The van der Waals surface area contributed by atoms with Gasteiger partial charge in [-0.1, -0.05) is 59.9 Å². The summed E-state index contributed by atoms with van der Waals surface area (Å²) in [6, 6.07) is 31.2. The molecule has 5 rings (SSSR count). The Hall–Kier alpha value is -2.85. The molecule has 0 fully saturated rings. The van der Waals surface area contributed by atoms with Crippen molar-refractivity contribution in [2.75, 3.05) is 6.66 Å². The van der Waals surface area contributed by atoms with Crippen LogP contribution in [0, 0.1) is 0 Å². The van der Waals surface area contributed by atoms with Crippen LogP contribution in [0.25, 0.3) is 16.2 Å². The number of rotatable bonds is 4. The maximum absolute atomic E-state index is 12.6. The quantitative estimate of drug-likeness (QED) is 0.369. The van der Waals surface area contributed by atoms with Gasteiger partial charge in [0.05, 0.1) is 12.4 Å². The Morgan fingerprint density at radius 1 is 0.839 bits per heavy atom. The highest BCUT2D eigenvalue weighted by Crippen LogP contribution is 2.53. The highest BCUT2D eigenvalue weighted by atomic mass is 35.5. The molecule has 0 atom stereocenters. The van der Waals surface area contributed by atoms with Crippen molar-refractivity contribution in [2.45, 2.75) is 0 Å². The molecule has 3 aromatic carbocycles. The van der Waals surface area contributed by atoms with Crippen LogP contribution >= 0.6 is 18.6 Å². The fraction of sp³-hybridized carbons (Fsp3) is 0.0417. The van der Waals surface area contributed by atoms with Crippen molar-refractivity contribution in [3.05, 3.63) is 107 Å². The van der Waals surface area contributed by atoms with E-state index in [-0.39, 0.29) is 18.0 Å². The Morgan fingerprint density at radius 2 is 1.42 bits per heavy atom. The van der Waals surface area contributed by atoms with Crippen LogP contribution in [0.2, 0.25) is 0 Å². The van der Waals surface area contributed by atoms with Gasteiger partial charge in [0, 0.05) is 11.6 Å². The number of nitrogens with zero attached hydrogens (tertiary/aromatic N) is 3. The molecule has 0 N–H and O–H groups in total. The van der Waals surface area contributed by atoms with Crippen molar-refractivity contribution in [1.29, 1.82) is 0 Å². The highest BCUT2D eigenvalue weighted by molar-refractivity contribution is 7.95. The van der Waals surface area contributed by atoms with Gasteiger partial charge in [-0.05, 0) is 36.4 Å². The maximum atomic E-state index is 12.6. The Balaban J connectivity index is 0.00000231. The first-order valence-electron chi connectivity index (χ1n) is 9.59. The van der Waals surface area contributed by atoms with Crippen LogP contribution in [-0.2, 0) is 0 Å². The summed E-state index contributed by atoms with van der Waals surface area (Å²) in [5.74, 6) is 0. The second-order valence-corrected chi connectivity index (χ2v) is 11.4. The molecule has 2 heterocycles. The SMILES string of the molecule is C[P+](c1ccccc1)(c1ccccc1)c1ccccc1-c1cc(=O)n2ncsc2n1.[Cl-]. The highest BCUT2D eigenvalue weighted by Gasteiger charge is 2.42. The second-order valence-electron chi connectivity index (χ2n) is 7.11. The van der Waals surface area contributed by atoms with Crippen molar-refractivity contribution in [1.82, 2.24) is 14.6 Å².